The molecule has 3 rings (SSSR count). The smallest absolute Gasteiger partial charge is 0.202 e. The van der Waals surface area contributed by atoms with Crippen LogP contribution in [0.5, 0.6) is 0 Å². The van der Waals surface area contributed by atoms with Crippen LogP contribution >= 0.6 is 0 Å². The monoisotopic (exact) mass is 242 g/mol. The van der Waals surface area contributed by atoms with Gasteiger partial charge in [-0.1, -0.05) is 30.3 Å². The van der Waals surface area contributed by atoms with Crippen molar-refractivity contribution < 1.29 is 8.94 Å². The van der Waals surface area contributed by atoms with E-state index in [1.165, 1.54) is 0 Å². The van der Waals surface area contributed by atoms with Crippen molar-refractivity contribution in [2.45, 2.75) is 13.5 Å². The van der Waals surface area contributed by atoms with Crippen molar-refractivity contribution in [3.05, 3.63) is 42.1 Å². The van der Waals surface area contributed by atoms with Gasteiger partial charge in [0.25, 0.3) is 0 Å². The number of rotatable bonds is 4. The fourth-order valence-electron chi connectivity index (χ4n) is 1.87. The highest BCUT2D eigenvalue weighted by molar-refractivity contribution is 5.81. The van der Waals surface area contributed by atoms with Crippen LogP contribution in [0.3, 0.4) is 0 Å². The van der Waals surface area contributed by atoms with E-state index in [0.717, 1.165) is 23.2 Å². The van der Waals surface area contributed by atoms with Gasteiger partial charge in [0.1, 0.15) is 5.58 Å². The summed E-state index contributed by atoms with van der Waals surface area (Å²) in [6.45, 7) is 3.67. The maximum Gasteiger partial charge on any atom is 0.202 e. The Kier molecular flexibility index (Phi) is 2.86. The average Bonchev–Trinajstić information content (AvgIpc) is 3.02. The second-order valence-electron chi connectivity index (χ2n) is 4.11. The molecule has 0 saturated carbocycles. The van der Waals surface area contributed by atoms with Crippen LogP contribution in [0.2, 0.25) is 0 Å². The predicted octanol–water partition coefficient (Wildman–Crippen LogP) is 3.20. The topological polar surface area (TPSA) is 51.2 Å². The molecule has 18 heavy (non-hydrogen) atoms. The van der Waals surface area contributed by atoms with Gasteiger partial charge in [0.2, 0.25) is 5.76 Å². The zero-order chi connectivity index (χ0) is 12.4. The molecule has 0 unspecified atom stereocenters. The van der Waals surface area contributed by atoms with E-state index in [9.17, 15) is 0 Å². The molecule has 0 aliphatic heterocycles. The van der Waals surface area contributed by atoms with E-state index in [4.69, 9.17) is 8.94 Å². The summed E-state index contributed by atoms with van der Waals surface area (Å²) in [5.41, 5.74) is 1.74. The molecule has 0 fully saturated rings. The summed E-state index contributed by atoms with van der Waals surface area (Å²) in [4.78, 5) is 0. The fraction of sp³-hybridized carbons (Fsp3) is 0.214. The van der Waals surface area contributed by atoms with E-state index in [-0.39, 0.29) is 0 Å². The lowest BCUT2D eigenvalue weighted by Gasteiger charge is -1.92. The normalized spacial score (nSPS) is 11.2. The minimum atomic E-state index is 0.666. The van der Waals surface area contributed by atoms with Crippen LogP contribution in [0.15, 0.2) is 45.3 Å². The number of nitrogens with one attached hydrogen (secondary N) is 1. The van der Waals surface area contributed by atoms with E-state index >= 15 is 0 Å². The molecule has 92 valence electrons. The standard InChI is InChI=1S/C14H14N2O2/c1-2-15-9-11-8-14(18-16-11)13-7-10-5-3-4-6-12(10)17-13/h3-8,15H,2,9H2,1H3. The van der Waals surface area contributed by atoms with Crippen molar-refractivity contribution in [3.8, 4) is 11.5 Å². The summed E-state index contributed by atoms with van der Waals surface area (Å²) in [5, 5.41) is 8.27. The first-order chi connectivity index (χ1) is 8.86. The van der Waals surface area contributed by atoms with Crippen LogP contribution in [0.4, 0.5) is 0 Å². The minimum absolute atomic E-state index is 0.666. The largest absolute Gasteiger partial charge is 0.453 e. The summed E-state index contributed by atoms with van der Waals surface area (Å²) >= 11 is 0. The highest BCUT2D eigenvalue weighted by atomic mass is 16.5. The van der Waals surface area contributed by atoms with E-state index in [1.54, 1.807) is 0 Å². The molecule has 3 aromatic rings. The van der Waals surface area contributed by atoms with Crippen molar-refractivity contribution in [1.29, 1.82) is 0 Å². The number of benzene rings is 1. The van der Waals surface area contributed by atoms with Gasteiger partial charge in [0.05, 0.1) is 5.69 Å². The Morgan fingerprint density at radius 2 is 2.06 bits per heavy atom. The summed E-state index contributed by atoms with van der Waals surface area (Å²) in [7, 11) is 0. The highest BCUT2D eigenvalue weighted by Crippen LogP contribution is 2.27. The van der Waals surface area contributed by atoms with Gasteiger partial charge >= 0.3 is 0 Å². The second kappa shape index (κ2) is 4.66. The molecule has 1 aromatic carbocycles. The summed E-state index contributed by atoms with van der Waals surface area (Å²) < 4.78 is 11.0. The Labute approximate surface area is 105 Å². The lowest BCUT2D eigenvalue weighted by atomic mass is 10.2. The second-order valence-corrected chi connectivity index (χ2v) is 4.11. The van der Waals surface area contributed by atoms with E-state index in [1.807, 2.05) is 36.4 Å². The third-order valence-electron chi connectivity index (χ3n) is 2.78. The molecular weight excluding hydrogens is 228 g/mol. The van der Waals surface area contributed by atoms with Gasteiger partial charge in [0, 0.05) is 18.0 Å². The fourth-order valence-corrected chi connectivity index (χ4v) is 1.87. The predicted molar refractivity (Wildman–Crippen MR) is 69.1 cm³/mol. The van der Waals surface area contributed by atoms with Crippen LogP contribution in [0.25, 0.3) is 22.5 Å². The van der Waals surface area contributed by atoms with Crippen LogP contribution in [-0.2, 0) is 6.54 Å². The zero-order valence-corrected chi connectivity index (χ0v) is 10.1. The minimum Gasteiger partial charge on any atom is -0.453 e. The summed E-state index contributed by atoms with van der Waals surface area (Å²) in [6.07, 6.45) is 0. The average molecular weight is 242 g/mol. The van der Waals surface area contributed by atoms with Crippen molar-refractivity contribution in [3.63, 3.8) is 0 Å². The first kappa shape index (κ1) is 11.0. The highest BCUT2D eigenvalue weighted by Gasteiger charge is 2.11. The number of fused-ring (bicyclic) bond motifs is 1. The lowest BCUT2D eigenvalue weighted by Crippen LogP contribution is -2.11. The molecule has 2 heterocycles. The number of furan rings is 1. The lowest BCUT2D eigenvalue weighted by molar-refractivity contribution is 0.410. The Bertz CT molecular complexity index is 621. The number of aromatic nitrogens is 1. The molecule has 0 amide bonds. The Morgan fingerprint density at radius 1 is 1.17 bits per heavy atom. The molecule has 0 aliphatic rings. The van der Waals surface area contributed by atoms with Gasteiger partial charge in [-0.15, -0.1) is 0 Å². The van der Waals surface area contributed by atoms with E-state index in [2.05, 4.69) is 17.4 Å². The molecule has 0 spiro atoms. The Balaban J connectivity index is 1.91. The van der Waals surface area contributed by atoms with Crippen molar-refractivity contribution in [2.75, 3.05) is 6.54 Å². The molecule has 0 atom stereocenters. The number of para-hydroxylation sites is 1. The van der Waals surface area contributed by atoms with E-state index in [0.29, 0.717) is 18.1 Å². The maximum atomic E-state index is 5.72. The Hall–Kier alpha value is -2.07. The maximum absolute atomic E-state index is 5.72. The molecule has 0 saturated heterocycles. The van der Waals surface area contributed by atoms with Gasteiger partial charge in [-0.25, -0.2) is 0 Å². The molecule has 0 radical (unpaired) electrons. The zero-order valence-electron chi connectivity index (χ0n) is 10.1. The van der Waals surface area contributed by atoms with Crippen molar-refractivity contribution in [2.24, 2.45) is 0 Å². The third kappa shape index (κ3) is 2.02. The van der Waals surface area contributed by atoms with Gasteiger partial charge in [-0.05, 0) is 18.7 Å². The van der Waals surface area contributed by atoms with Crippen LogP contribution < -0.4 is 5.32 Å². The first-order valence-corrected chi connectivity index (χ1v) is 6.02. The molecular formula is C14H14N2O2. The van der Waals surface area contributed by atoms with E-state index < -0.39 is 0 Å². The molecule has 0 aliphatic carbocycles. The molecule has 0 bridgehead atoms. The first-order valence-electron chi connectivity index (χ1n) is 6.02. The number of nitrogens with zero attached hydrogens (tertiary/aromatic N) is 1. The SMILES string of the molecule is CCNCc1cc(-c2cc3ccccc3o2)on1. The van der Waals surface area contributed by atoms with Crippen LogP contribution in [-0.4, -0.2) is 11.7 Å². The summed E-state index contributed by atoms with van der Waals surface area (Å²) in [6, 6.07) is 11.8. The van der Waals surface area contributed by atoms with Gasteiger partial charge in [-0.3, -0.25) is 0 Å². The quantitative estimate of drug-likeness (QED) is 0.763. The molecule has 1 N–H and O–H groups in total. The van der Waals surface area contributed by atoms with Crippen LogP contribution in [0.1, 0.15) is 12.6 Å². The van der Waals surface area contributed by atoms with Gasteiger partial charge in [-0.2, -0.15) is 0 Å². The molecule has 4 nitrogen and oxygen atoms in total. The third-order valence-corrected chi connectivity index (χ3v) is 2.78. The summed E-state index contributed by atoms with van der Waals surface area (Å²) in [5.74, 6) is 1.38. The number of hydrogen-bond donors (Lipinski definition) is 1. The van der Waals surface area contributed by atoms with Crippen molar-refractivity contribution >= 4 is 11.0 Å². The van der Waals surface area contributed by atoms with Gasteiger partial charge < -0.3 is 14.3 Å². The van der Waals surface area contributed by atoms with Crippen LogP contribution in [0, 0.1) is 0 Å². The van der Waals surface area contributed by atoms with Crippen molar-refractivity contribution in [1.82, 2.24) is 10.5 Å². The molecule has 4 heteroatoms. The molecule has 2 aromatic heterocycles. The van der Waals surface area contributed by atoms with Gasteiger partial charge in [0.15, 0.2) is 5.76 Å². The number of hydrogen-bond acceptors (Lipinski definition) is 4. The Morgan fingerprint density at radius 3 is 2.89 bits per heavy atom.